The van der Waals surface area contributed by atoms with Gasteiger partial charge in [-0.05, 0) is 6.42 Å². The fourth-order valence-corrected chi connectivity index (χ4v) is 2.14. The maximum Gasteiger partial charge on any atom is 0.354 e. The Labute approximate surface area is 105 Å². The number of carboxylic acids is 1. The van der Waals surface area contributed by atoms with Gasteiger partial charge in [0.05, 0.1) is 5.69 Å². The average molecular weight is 251 g/mol. The fraction of sp³-hybridized carbons (Fsp3) is 0.583. The molecule has 0 amide bonds. The van der Waals surface area contributed by atoms with Gasteiger partial charge in [0, 0.05) is 32.2 Å². The molecule has 1 aliphatic rings. The van der Waals surface area contributed by atoms with Crippen molar-refractivity contribution in [2.24, 2.45) is 0 Å². The molecule has 6 heteroatoms. The number of aromatic carboxylic acids is 1. The molecular weight excluding hydrogens is 234 g/mol. The number of hydrogen-bond acceptors (Lipinski definition) is 5. The quantitative estimate of drug-likeness (QED) is 0.827. The maximum atomic E-state index is 11.3. The van der Waals surface area contributed by atoms with Crippen LogP contribution in [0.1, 0.15) is 47.0 Å². The van der Waals surface area contributed by atoms with Gasteiger partial charge in [-0.3, -0.25) is 0 Å². The second-order valence-corrected chi connectivity index (χ2v) is 4.22. The molecule has 1 unspecified atom stereocenters. The van der Waals surface area contributed by atoms with Crippen molar-refractivity contribution in [3.8, 4) is 0 Å². The van der Waals surface area contributed by atoms with Crippen molar-refractivity contribution in [1.82, 2.24) is 15.3 Å². The van der Waals surface area contributed by atoms with Gasteiger partial charge in [-0.2, -0.15) is 0 Å². The van der Waals surface area contributed by atoms with Crippen molar-refractivity contribution < 1.29 is 14.6 Å². The Kier molecular flexibility index (Phi) is 3.88. The van der Waals surface area contributed by atoms with E-state index in [-0.39, 0.29) is 11.8 Å². The standard InChI is InChI=1S/C12H17N3O3/c1-3-9(18-2)11-14-8-4-5-13-6-7(8)10(15-11)12(16)17/h9,13H,3-6H2,1-2H3,(H,16,17). The van der Waals surface area contributed by atoms with Gasteiger partial charge in [0.15, 0.2) is 11.5 Å². The number of carbonyl (C=O) groups is 1. The highest BCUT2D eigenvalue weighted by Crippen LogP contribution is 2.21. The molecule has 1 aliphatic heterocycles. The van der Waals surface area contributed by atoms with Crippen molar-refractivity contribution in [2.45, 2.75) is 32.4 Å². The number of hydrogen-bond donors (Lipinski definition) is 2. The molecular formula is C12H17N3O3. The summed E-state index contributed by atoms with van der Waals surface area (Å²) in [5.41, 5.74) is 1.62. The Hall–Kier alpha value is -1.53. The second kappa shape index (κ2) is 5.41. The summed E-state index contributed by atoms with van der Waals surface area (Å²) in [6.07, 6.45) is 1.20. The van der Waals surface area contributed by atoms with Gasteiger partial charge in [0.25, 0.3) is 0 Å². The predicted molar refractivity (Wildman–Crippen MR) is 64.4 cm³/mol. The molecule has 0 aromatic carbocycles. The Balaban J connectivity index is 2.50. The highest BCUT2D eigenvalue weighted by atomic mass is 16.5. The molecule has 2 rings (SSSR count). The molecule has 0 saturated carbocycles. The van der Waals surface area contributed by atoms with Crippen LogP contribution >= 0.6 is 0 Å². The van der Waals surface area contributed by atoms with E-state index >= 15 is 0 Å². The van der Waals surface area contributed by atoms with E-state index in [9.17, 15) is 9.90 Å². The summed E-state index contributed by atoms with van der Waals surface area (Å²) < 4.78 is 5.28. The van der Waals surface area contributed by atoms with Crippen molar-refractivity contribution in [3.05, 3.63) is 22.8 Å². The lowest BCUT2D eigenvalue weighted by atomic mass is 10.0. The average Bonchev–Trinajstić information content (AvgIpc) is 2.39. The van der Waals surface area contributed by atoms with E-state index in [0.29, 0.717) is 24.4 Å². The molecule has 18 heavy (non-hydrogen) atoms. The number of fused-ring (bicyclic) bond motifs is 1. The third-order valence-electron chi connectivity index (χ3n) is 3.10. The van der Waals surface area contributed by atoms with Crippen molar-refractivity contribution >= 4 is 5.97 Å². The topological polar surface area (TPSA) is 84.3 Å². The molecule has 0 radical (unpaired) electrons. The third kappa shape index (κ3) is 2.34. The summed E-state index contributed by atoms with van der Waals surface area (Å²) in [4.78, 5) is 19.9. The van der Waals surface area contributed by atoms with Crippen LogP contribution < -0.4 is 5.32 Å². The number of methoxy groups -OCH3 is 1. The van der Waals surface area contributed by atoms with Gasteiger partial charge in [-0.25, -0.2) is 14.8 Å². The highest BCUT2D eigenvalue weighted by molar-refractivity contribution is 5.87. The Bertz CT molecular complexity index is 458. The first-order valence-electron chi connectivity index (χ1n) is 6.03. The molecule has 0 fully saturated rings. The van der Waals surface area contributed by atoms with Crippen molar-refractivity contribution in [3.63, 3.8) is 0 Å². The first kappa shape index (κ1) is 12.9. The number of nitrogens with one attached hydrogen (secondary N) is 1. The predicted octanol–water partition coefficient (Wildman–Crippen LogP) is 0.918. The highest BCUT2D eigenvalue weighted by Gasteiger charge is 2.24. The normalized spacial score (nSPS) is 16.1. The van der Waals surface area contributed by atoms with Crippen LogP contribution in [0.4, 0.5) is 0 Å². The number of nitrogens with zero attached hydrogens (tertiary/aromatic N) is 2. The molecule has 0 aliphatic carbocycles. The number of ether oxygens (including phenoxy) is 1. The summed E-state index contributed by atoms with van der Waals surface area (Å²) in [5, 5.41) is 12.4. The summed E-state index contributed by atoms with van der Waals surface area (Å²) >= 11 is 0. The number of aromatic nitrogens is 2. The second-order valence-electron chi connectivity index (χ2n) is 4.22. The lowest BCUT2D eigenvalue weighted by Crippen LogP contribution is -2.29. The summed E-state index contributed by atoms with van der Waals surface area (Å²) in [7, 11) is 1.58. The minimum Gasteiger partial charge on any atom is -0.476 e. The van der Waals surface area contributed by atoms with Crippen molar-refractivity contribution in [2.75, 3.05) is 13.7 Å². The van der Waals surface area contributed by atoms with E-state index in [4.69, 9.17) is 4.74 Å². The first-order valence-corrected chi connectivity index (χ1v) is 6.03. The van der Waals surface area contributed by atoms with Crippen LogP contribution in [0.3, 0.4) is 0 Å². The van der Waals surface area contributed by atoms with Gasteiger partial charge >= 0.3 is 5.97 Å². The zero-order valence-corrected chi connectivity index (χ0v) is 10.6. The molecule has 0 bridgehead atoms. The summed E-state index contributed by atoms with van der Waals surface area (Å²) in [5.74, 6) is -0.539. The van der Waals surface area contributed by atoms with Crippen LogP contribution in [0.25, 0.3) is 0 Å². The molecule has 1 atom stereocenters. The van der Waals surface area contributed by atoms with E-state index in [1.54, 1.807) is 7.11 Å². The van der Waals surface area contributed by atoms with E-state index in [1.807, 2.05) is 6.92 Å². The Morgan fingerprint density at radius 3 is 2.94 bits per heavy atom. The summed E-state index contributed by atoms with van der Waals surface area (Å²) in [6.45, 7) is 3.28. The summed E-state index contributed by atoms with van der Waals surface area (Å²) in [6, 6.07) is 0. The molecule has 0 saturated heterocycles. The molecule has 1 aromatic rings. The van der Waals surface area contributed by atoms with Crippen LogP contribution in [-0.2, 0) is 17.7 Å². The van der Waals surface area contributed by atoms with Crippen LogP contribution in [0.15, 0.2) is 0 Å². The SMILES string of the molecule is CCC(OC)c1nc2c(c(C(=O)O)n1)CNCC2. The van der Waals surface area contributed by atoms with Gasteiger partial charge in [0.2, 0.25) is 0 Å². The van der Waals surface area contributed by atoms with Crippen LogP contribution in [0.2, 0.25) is 0 Å². The van der Waals surface area contributed by atoms with Crippen LogP contribution in [0.5, 0.6) is 0 Å². The van der Waals surface area contributed by atoms with Crippen LogP contribution in [0, 0.1) is 0 Å². The Morgan fingerprint density at radius 2 is 2.33 bits per heavy atom. The van der Waals surface area contributed by atoms with E-state index in [1.165, 1.54) is 0 Å². The van der Waals surface area contributed by atoms with Gasteiger partial charge in [0.1, 0.15) is 6.10 Å². The minimum atomic E-state index is -1.01. The first-order chi connectivity index (χ1) is 8.67. The Morgan fingerprint density at radius 1 is 1.56 bits per heavy atom. The van der Waals surface area contributed by atoms with E-state index < -0.39 is 5.97 Å². The minimum absolute atomic E-state index is 0.0951. The third-order valence-corrected chi connectivity index (χ3v) is 3.10. The largest absolute Gasteiger partial charge is 0.476 e. The fourth-order valence-electron chi connectivity index (χ4n) is 2.14. The zero-order chi connectivity index (χ0) is 13.1. The number of carboxylic acid groups (broad SMARTS) is 1. The zero-order valence-electron chi connectivity index (χ0n) is 10.6. The monoisotopic (exact) mass is 251 g/mol. The molecule has 2 heterocycles. The van der Waals surface area contributed by atoms with E-state index in [2.05, 4.69) is 15.3 Å². The lowest BCUT2D eigenvalue weighted by molar-refractivity contribution is 0.0681. The molecule has 0 spiro atoms. The number of rotatable bonds is 4. The molecule has 6 nitrogen and oxygen atoms in total. The van der Waals surface area contributed by atoms with Gasteiger partial charge in [-0.1, -0.05) is 6.92 Å². The maximum absolute atomic E-state index is 11.3. The molecule has 2 N–H and O–H groups in total. The molecule has 98 valence electrons. The van der Waals surface area contributed by atoms with E-state index in [0.717, 1.165) is 18.7 Å². The smallest absolute Gasteiger partial charge is 0.354 e. The van der Waals surface area contributed by atoms with Gasteiger partial charge in [-0.15, -0.1) is 0 Å². The lowest BCUT2D eigenvalue weighted by Gasteiger charge is -2.20. The van der Waals surface area contributed by atoms with Crippen LogP contribution in [-0.4, -0.2) is 34.7 Å². The van der Waals surface area contributed by atoms with Crippen molar-refractivity contribution in [1.29, 1.82) is 0 Å². The molecule has 1 aromatic heterocycles. The van der Waals surface area contributed by atoms with Gasteiger partial charge < -0.3 is 15.2 Å².